The minimum Gasteiger partial charge on any atom is -0.455 e. The number of rotatable bonds is 2. The molecule has 0 aliphatic carbocycles. The lowest BCUT2D eigenvalue weighted by Crippen LogP contribution is -1.88. The van der Waals surface area contributed by atoms with Crippen molar-refractivity contribution < 1.29 is 4.74 Å². The van der Waals surface area contributed by atoms with Crippen molar-refractivity contribution in [1.82, 2.24) is 11.1 Å². The lowest BCUT2D eigenvalue weighted by atomic mass is 10.2. The van der Waals surface area contributed by atoms with Crippen molar-refractivity contribution in [2.75, 3.05) is 0 Å². The predicted octanol–water partition coefficient (Wildman–Crippen LogP) is 3.65. The summed E-state index contributed by atoms with van der Waals surface area (Å²) >= 11 is 0. The molecule has 0 unspecified atom stereocenters. The molecule has 0 aliphatic heterocycles. The van der Waals surface area contributed by atoms with E-state index in [1.54, 1.807) is 6.20 Å². The molecular weight excluding hydrogens is 200 g/mol. The molecule has 0 fully saturated rings. The number of aryl methyl sites for hydroxylation is 2. The zero-order valence-electron chi connectivity index (χ0n) is 9.60. The monoisotopic (exact) mass is 216 g/mol. The minimum absolute atomic E-state index is 0. The van der Waals surface area contributed by atoms with Crippen LogP contribution in [0.1, 0.15) is 11.3 Å². The highest BCUT2D eigenvalue weighted by molar-refractivity contribution is 5.36. The van der Waals surface area contributed by atoms with Gasteiger partial charge in [0.2, 0.25) is 0 Å². The first-order valence-corrected chi connectivity index (χ1v) is 4.92. The highest BCUT2D eigenvalue weighted by atomic mass is 16.5. The summed E-state index contributed by atoms with van der Waals surface area (Å²) in [6, 6.07) is 11.8. The number of nitrogens with zero attached hydrogens (tertiary/aromatic N) is 1. The molecule has 2 aromatic rings. The van der Waals surface area contributed by atoms with E-state index in [4.69, 9.17) is 4.74 Å². The summed E-state index contributed by atoms with van der Waals surface area (Å²) < 4.78 is 5.70. The Kier molecular flexibility index (Phi) is 4.03. The quantitative estimate of drug-likeness (QED) is 0.833. The summed E-state index contributed by atoms with van der Waals surface area (Å²) in [7, 11) is 0. The van der Waals surface area contributed by atoms with Gasteiger partial charge in [0.05, 0.1) is 6.20 Å². The van der Waals surface area contributed by atoms with Crippen LogP contribution < -0.4 is 10.9 Å². The van der Waals surface area contributed by atoms with Crippen LogP contribution in [-0.4, -0.2) is 4.98 Å². The highest BCUT2D eigenvalue weighted by Gasteiger charge is 1.99. The maximum atomic E-state index is 5.70. The first-order chi connectivity index (χ1) is 7.25. The van der Waals surface area contributed by atoms with Crippen LogP contribution in [0.25, 0.3) is 0 Å². The van der Waals surface area contributed by atoms with Crippen molar-refractivity contribution in [2.45, 2.75) is 13.8 Å². The van der Waals surface area contributed by atoms with Gasteiger partial charge in [-0.05, 0) is 37.6 Å². The number of hydrogen-bond acceptors (Lipinski definition) is 3. The molecule has 0 radical (unpaired) electrons. The molecule has 3 N–H and O–H groups in total. The van der Waals surface area contributed by atoms with Crippen LogP contribution in [0.5, 0.6) is 11.5 Å². The van der Waals surface area contributed by atoms with Gasteiger partial charge in [0.25, 0.3) is 0 Å². The Bertz CT molecular complexity index is 452. The number of para-hydroxylation sites is 1. The fourth-order valence-electron chi connectivity index (χ4n) is 1.31. The van der Waals surface area contributed by atoms with Crippen LogP contribution in [0.15, 0.2) is 42.6 Å². The molecule has 0 spiro atoms. The molecule has 0 atom stereocenters. The van der Waals surface area contributed by atoms with Gasteiger partial charge in [0.1, 0.15) is 11.5 Å². The highest BCUT2D eigenvalue weighted by Crippen LogP contribution is 2.23. The van der Waals surface area contributed by atoms with E-state index in [0.717, 1.165) is 22.8 Å². The van der Waals surface area contributed by atoms with E-state index in [1.807, 2.05) is 50.2 Å². The average Bonchev–Trinajstić information content (AvgIpc) is 2.25. The van der Waals surface area contributed by atoms with E-state index in [1.165, 1.54) is 0 Å². The van der Waals surface area contributed by atoms with Crippen LogP contribution >= 0.6 is 0 Å². The van der Waals surface area contributed by atoms with E-state index < -0.39 is 0 Å². The normalized spacial score (nSPS) is 9.38. The molecule has 0 amide bonds. The van der Waals surface area contributed by atoms with Crippen molar-refractivity contribution in [3.63, 3.8) is 0 Å². The zero-order chi connectivity index (χ0) is 10.7. The summed E-state index contributed by atoms with van der Waals surface area (Å²) in [5.41, 5.74) is 2.12. The second-order valence-electron chi connectivity index (χ2n) is 3.50. The van der Waals surface area contributed by atoms with Crippen LogP contribution in [0, 0.1) is 13.8 Å². The van der Waals surface area contributed by atoms with Gasteiger partial charge in [-0.15, -0.1) is 0 Å². The molecule has 1 heterocycles. The van der Waals surface area contributed by atoms with Crippen LogP contribution in [0.4, 0.5) is 0 Å². The van der Waals surface area contributed by atoms with Gasteiger partial charge in [-0.2, -0.15) is 0 Å². The van der Waals surface area contributed by atoms with Gasteiger partial charge in [0.15, 0.2) is 0 Å². The summed E-state index contributed by atoms with van der Waals surface area (Å²) in [4.78, 5) is 4.18. The van der Waals surface area contributed by atoms with E-state index >= 15 is 0 Å². The molecule has 0 bridgehead atoms. The minimum atomic E-state index is 0. The summed E-state index contributed by atoms with van der Waals surface area (Å²) in [6.45, 7) is 3.98. The molecule has 3 nitrogen and oxygen atoms in total. The summed E-state index contributed by atoms with van der Waals surface area (Å²) in [5.74, 6) is 1.65. The lowest BCUT2D eigenvalue weighted by molar-refractivity contribution is 0.476. The molecule has 2 rings (SSSR count). The predicted molar refractivity (Wildman–Crippen MR) is 65.2 cm³/mol. The Morgan fingerprint density at radius 2 is 1.75 bits per heavy atom. The molecule has 3 heteroatoms. The largest absolute Gasteiger partial charge is 0.455 e. The standard InChI is InChI=1S/C13H13NO.H3N/c1-10-5-3-4-6-13(10)15-12-8-7-11(2)14-9-12;/h3-9H,1-2H3;1H3. The third kappa shape index (κ3) is 2.81. The van der Waals surface area contributed by atoms with Crippen molar-refractivity contribution in [3.05, 3.63) is 53.9 Å². The SMILES string of the molecule is Cc1ccc(Oc2ccccc2C)cn1.N. The molecule has 0 saturated carbocycles. The third-order valence-corrected chi connectivity index (χ3v) is 2.21. The van der Waals surface area contributed by atoms with Crippen molar-refractivity contribution in [1.29, 1.82) is 0 Å². The fraction of sp³-hybridized carbons (Fsp3) is 0.154. The first-order valence-electron chi connectivity index (χ1n) is 4.92. The van der Waals surface area contributed by atoms with Gasteiger partial charge in [-0.3, -0.25) is 4.98 Å². The topological polar surface area (TPSA) is 57.1 Å². The van der Waals surface area contributed by atoms with E-state index in [-0.39, 0.29) is 6.15 Å². The first kappa shape index (κ1) is 12.2. The molecule has 1 aromatic carbocycles. The Hall–Kier alpha value is -1.87. The van der Waals surface area contributed by atoms with Gasteiger partial charge < -0.3 is 10.9 Å². The molecule has 1 aromatic heterocycles. The van der Waals surface area contributed by atoms with Crippen molar-refractivity contribution in [3.8, 4) is 11.5 Å². The van der Waals surface area contributed by atoms with Crippen LogP contribution in [-0.2, 0) is 0 Å². The van der Waals surface area contributed by atoms with Crippen LogP contribution in [0.2, 0.25) is 0 Å². The molecule has 84 valence electrons. The number of benzene rings is 1. The van der Waals surface area contributed by atoms with Crippen molar-refractivity contribution in [2.24, 2.45) is 0 Å². The Morgan fingerprint density at radius 1 is 1.00 bits per heavy atom. The van der Waals surface area contributed by atoms with E-state index in [0.29, 0.717) is 0 Å². The molecule has 0 aliphatic rings. The molecular formula is C13H16N2O. The second-order valence-corrected chi connectivity index (χ2v) is 3.50. The van der Waals surface area contributed by atoms with Crippen LogP contribution in [0.3, 0.4) is 0 Å². The van der Waals surface area contributed by atoms with Gasteiger partial charge in [-0.1, -0.05) is 18.2 Å². The van der Waals surface area contributed by atoms with Gasteiger partial charge >= 0.3 is 0 Å². The van der Waals surface area contributed by atoms with Crippen molar-refractivity contribution >= 4 is 0 Å². The zero-order valence-corrected chi connectivity index (χ0v) is 9.60. The number of aromatic nitrogens is 1. The average molecular weight is 216 g/mol. The maximum Gasteiger partial charge on any atom is 0.145 e. The fourth-order valence-corrected chi connectivity index (χ4v) is 1.31. The lowest BCUT2D eigenvalue weighted by Gasteiger charge is -2.07. The Morgan fingerprint density at radius 3 is 2.38 bits per heavy atom. The second kappa shape index (κ2) is 5.28. The summed E-state index contributed by atoms with van der Waals surface area (Å²) in [5, 5.41) is 0. The van der Waals surface area contributed by atoms with E-state index in [2.05, 4.69) is 4.98 Å². The Labute approximate surface area is 95.7 Å². The maximum absolute atomic E-state index is 5.70. The molecule has 0 saturated heterocycles. The van der Waals surface area contributed by atoms with Gasteiger partial charge in [-0.25, -0.2) is 0 Å². The van der Waals surface area contributed by atoms with E-state index in [9.17, 15) is 0 Å². The number of ether oxygens (including phenoxy) is 1. The Balaban J connectivity index is 0.00000128. The van der Waals surface area contributed by atoms with Gasteiger partial charge in [0, 0.05) is 5.69 Å². The summed E-state index contributed by atoms with van der Waals surface area (Å²) in [6.07, 6.45) is 1.74. The number of pyridine rings is 1. The molecule has 16 heavy (non-hydrogen) atoms. The smallest absolute Gasteiger partial charge is 0.145 e. The number of hydrogen-bond donors (Lipinski definition) is 1. The third-order valence-electron chi connectivity index (χ3n) is 2.21.